The van der Waals surface area contributed by atoms with Crippen LogP contribution < -0.4 is 10.1 Å². The van der Waals surface area contributed by atoms with Crippen molar-refractivity contribution in [3.63, 3.8) is 0 Å². The first-order valence-corrected chi connectivity index (χ1v) is 4.49. The van der Waals surface area contributed by atoms with Crippen LogP contribution in [0.1, 0.15) is 12.5 Å². The molecule has 72 valence electrons. The number of carbonyl (C=O) groups is 1. The summed E-state index contributed by atoms with van der Waals surface area (Å²) < 4.78 is 5.28. The van der Waals surface area contributed by atoms with Gasteiger partial charge in [0.25, 0.3) is 5.91 Å². The van der Waals surface area contributed by atoms with Gasteiger partial charge in [-0.3, -0.25) is 4.79 Å². The molecule has 1 aromatic carbocycles. The zero-order chi connectivity index (χ0) is 9.97. The quantitative estimate of drug-likeness (QED) is 0.734. The van der Waals surface area contributed by atoms with E-state index in [0.717, 1.165) is 17.0 Å². The van der Waals surface area contributed by atoms with E-state index in [1.54, 1.807) is 0 Å². The second-order valence-corrected chi connectivity index (χ2v) is 3.09. The van der Waals surface area contributed by atoms with Crippen LogP contribution in [0.4, 0.5) is 5.69 Å². The number of allylic oxidation sites excluding steroid dienone is 1. The summed E-state index contributed by atoms with van der Waals surface area (Å²) >= 11 is 0. The van der Waals surface area contributed by atoms with Crippen molar-refractivity contribution in [3.8, 4) is 5.75 Å². The molecule has 3 heteroatoms. The average Bonchev–Trinajstić information content (AvgIpc) is 2.19. The molecule has 0 aromatic heterocycles. The van der Waals surface area contributed by atoms with E-state index in [9.17, 15) is 4.79 Å². The number of ether oxygens (including phenoxy) is 1. The van der Waals surface area contributed by atoms with Crippen molar-refractivity contribution >= 4 is 17.7 Å². The van der Waals surface area contributed by atoms with Gasteiger partial charge in [0, 0.05) is 0 Å². The first kappa shape index (κ1) is 8.81. The van der Waals surface area contributed by atoms with E-state index in [4.69, 9.17) is 4.74 Å². The number of fused-ring (bicyclic) bond motifs is 1. The van der Waals surface area contributed by atoms with Crippen molar-refractivity contribution in [2.75, 3.05) is 11.9 Å². The van der Waals surface area contributed by atoms with Crippen molar-refractivity contribution in [3.05, 3.63) is 29.8 Å². The van der Waals surface area contributed by atoms with Crippen LogP contribution >= 0.6 is 0 Å². The fourth-order valence-corrected chi connectivity index (χ4v) is 1.39. The van der Waals surface area contributed by atoms with Gasteiger partial charge in [-0.2, -0.15) is 0 Å². The fourth-order valence-electron chi connectivity index (χ4n) is 1.39. The minimum atomic E-state index is -0.101. The average molecular weight is 189 g/mol. The predicted molar refractivity (Wildman–Crippen MR) is 55.3 cm³/mol. The summed E-state index contributed by atoms with van der Waals surface area (Å²) in [5.41, 5.74) is 1.82. The topological polar surface area (TPSA) is 38.3 Å². The molecule has 0 unspecified atom stereocenters. The summed E-state index contributed by atoms with van der Waals surface area (Å²) in [4.78, 5) is 11.0. The first-order valence-electron chi connectivity index (χ1n) is 4.49. The van der Waals surface area contributed by atoms with Gasteiger partial charge < -0.3 is 10.1 Å². The Kier molecular flexibility index (Phi) is 2.23. The number of hydrogen-bond donors (Lipinski definition) is 1. The van der Waals surface area contributed by atoms with Crippen LogP contribution in [0.25, 0.3) is 6.08 Å². The Labute approximate surface area is 82.4 Å². The Morgan fingerprint density at radius 1 is 1.50 bits per heavy atom. The molecule has 1 aliphatic rings. The third kappa shape index (κ3) is 1.62. The van der Waals surface area contributed by atoms with E-state index in [2.05, 4.69) is 5.32 Å². The standard InChI is InChI=1S/C11H11NO2/c1-2-3-8-4-5-9-10(6-8)14-7-11(13)12-9/h2-6H,7H2,1H3,(H,12,13)/b3-2+. The van der Waals surface area contributed by atoms with Crippen molar-refractivity contribution in [1.82, 2.24) is 0 Å². The largest absolute Gasteiger partial charge is 0.482 e. The lowest BCUT2D eigenvalue weighted by Crippen LogP contribution is -2.25. The summed E-state index contributed by atoms with van der Waals surface area (Å²) in [5.74, 6) is 0.636. The Balaban J connectivity index is 2.35. The normalized spacial score (nSPS) is 14.8. The molecule has 3 nitrogen and oxygen atoms in total. The molecule has 0 saturated carbocycles. The predicted octanol–water partition coefficient (Wildman–Crippen LogP) is 2.05. The molecule has 1 amide bonds. The van der Waals surface area contributed by atoms with Crippen molar-refractivity contribution in [2.24, 2.45) is 0 Å². The molecule has 0 aliphatic carbocycles. The van der Waals surface area contributed by atoms with Gasteiger partial charge >= 0.3 is 0 Å². The van der Waals surface area contributed by atoms with Crippen LogP contribution in [-0.4, -0.2) is 12.5 Å². The van der Waals surface area contributed by atoms with Gasteiger partial charge in [-0.1, -0.05) is 18.2 Å². The van der Waals surface area contributed by atoms with E-state index in [-0.39, 0.29) is 12.5 Å². The van der Waals surface area contributed by atoms with Crippen LogP contribution in [0.15, 0.2) is 24.3 Å². The second-order valence-electron chi connectivity index (χ2n) is 3.09. The minimum Gasteiger partial charge on any atom is -0.482 e. The summed E-state index contributed by atoms with van der Waals surface area (Å²) in [6.07, 6.45) is 3.95. The Bertz CT molecular complexity index is 396. The van der Waals surface area contributed by atoms with Crippen LogP contribution in [-0.2, 0) is 4.79 Å². The van der Waals surface area contributed by atoms with Gasteiger partial charge in [0.2, 0.25) is 0 Å². The molecule has 1 aliphatic heterocycles. The van der Waals surface area contributed by atoms with Gasteiger partial charge in [0.1, 0.15) is 5.75 Å². The van der Waals surface area contributed by atoms with Crippen molar-refractivity contribution in [2.45, 2.75) is 6.92 Å². The first-order chi connectivity index (χ1) is 6.79. The maximum Gasteiger partial charge on any atom is 0.262 e. The second kappa shape index (κ2) is 3.54. The smallest absolute Gasteiger partial charge is 0.262 e. The molecule has 14 heavy (non-hydrogen) atoms. The molecule has 2 rings (SSSR count). The molecule has 1 heterocycles. The van der Waals surface area contributed by atoms with Crippen molar-refractivity contribution in [1.29, 1.82) is 0 Å². The van der Waals surface area contributed by atoms with E-state index >= 15 is 0 Å². The SMILES string of the molecule is C/C=C/c1ccc2c(c1)OCC(=O)N2. The maximum atomic E-state index is 11.0. The number of benzene rings is 1. The van der Waals surface area contributed by atoms with Crippen molar-refractivity contribution < 1.29 is 9.53 Å². The summed E-state index contributed by atoms with van der Waals surface area (Å²) in [5, 5.41) is 2.74. The lowest BCUT2D eigenvalue weighted by atomic mass is 10.1. The number of hydrogen-bond acceptors (Lipinski definition) is 2. The third-order valence-electron chi connectivity index (χ3n) is 2.00. The monoisotopic (exact) mass is 189 g/mol. The summed E-state index contributed by atoms with van der Waals surface area (Å²) in [7, 11) is 0. The maximum absolute atomic E-state index is 11.0. The lowest BCUT2D eigenvalue weighted by Gasteiger charge is -2.17. The highest BCUT2D eigenvalue weighted by Crippen LogP contribution is 2.28. The molecular formula is C11H11NO2. The van der Waals surface area contributed by atoms with Gasteiger partial charge in [0.15, 0.2) is 6.61 Å². The molecule has 0 saturated heterocycles. The Morgan fingerprint density at radius 3 is 3.14 bits per heavy atom. The summed E-state index contributed by atoms with van der Waals surface area (Å²) in [6.45, 7) is 2.06. The third-order valence-corrected chi connectivity index (χ3v) is 2.00. The zero-order valence-electron chi connectivity index (χ0n) is 7.91. The number of nitrogens with one attached hydrogen (secondary N) is 1. The molecule has 0 bridgehead atoms. The molecule has 0 spiro atoms. The molecule has 1 N–H and O–H groups in total. The summed E-state index contributed by atoms with van der Waals surface area (Å²) in [6, 6.07) is 5.70. The van der Waals surface area contributed by atoms with E-state index in [1.165, 1.54) is 0 Å². The molecule has 0 radical (unpaired) electrons. The van der Waals surface area contributed by atoms with Gasteiger partial charge in [0.05, 0.1) is 5.69 Å². The molecule has 0 fully saturated rings. The number of anilines is 1. The van der Waals surface area contributed by atoms with E-state index < -0.39 is 0 Å². The zero-order valence-corrected chi connectivity index (χ0v) is 7.91. The molecule has 0 atom stereocenters. The molecule has 1 aromatic rings. The Morgan fingerprint density at radius 2 is 2.36 bits per heavy atom. The molecular weight excluding hydrogens is 178 g/mol. The van der Waals surface area contributed by atoms with Gasteiger partial charge in [-0.15, -0.1) is 0 Å². The van der Waals surface area contributed by atoms with E-state index in [0.29, 0.717) is 0 Å². The number of rotatable bonds is 1. The number of amides is 1. The van der Waals surface area contributed by atoms with Crippen LogP contribution in [0.5, 0.6) is 5.75 Å². The lowest BCUT2D eigenvalue weighted by molar-refractivity contribution is -0.118. The fraction of sp³-hybridized carbons (Fsp3) is 0.182. The Hall–Kier alpha value is -1.77. The van der Waals surface area contributed by atoms with Gasteiger partial charge in [-0.05, 0) is 24.6 Å². The van der Waals surface area contributed by atoms with E-state index in [1.807, 2.05) is 37.3 Å². The minimum absolute atomic E-state index is 0.101. The van der Waals surface area contributed by atoms with Crippen LogP contribution in [0.2, 0.25) is 0 Å². The highest BCUT2D eigenvalue weighted by Gasteiger charge is 2.14. The number of carbonyl (C=O) groups excluding carboxylic acids is 1. The highest BCUT2D eigenvalue weighted by atomic mass is 16.5. The van der Waals surface area contributed by atoms with Crippen LogP contribution in [0.3, 0.4) is 0 Å². The van der Waals surface area contributed by atoms with Crippen LogP contribution in [0, 0.1) is 0 Å². The van der Waals surface area contributed by atoms with Gasteiger partial charge in [-0.25, -0.2) is 0 Å². The highest BCUT2D eigenvalue weighted by molar-refractivity contribution is 5.95.